The number of carbonyl (C=O) groups excluding carboxylic acids is 1. The van der Waals surface area contributed by atoms with Crippen LogP contribution < -0.4 is 15.8 Å². The highest BCUT2D eigenvalue weighted by Crippen LogP contribution is 2.35. The zero-order valence-electron chi connectivity index (χ0n) is 15.6. The summed E-state index contributed by atoms with van der Waals surface area (Å²) in [7, 11) is 0. The molecule has 0 aliphatic heterocycles. The van der Waals surface area contributed by atoms with Crippen molar-refractivity contribution < 1.29 is 9.53 Å². The number of primary amides is 1. The Morgan fingerprint density at radius 3 is 2.55 bits per heavy atom. The van der Waals surface area contributed by atoms with E-state index in [1.165, 1.54) is 0 Å². The molecule has 0 bridgehead atoms. The first kappa shape index (κ1) is 18.8. The first-order chi connectivity index (χ1) is 14.0. The van der Waals surface area contributed by atoms with Crippen molar-refractivity contribution in [1.82, 2.24) is 4.98 Å². The third kappa shape index (κ3) is 4.00. The summed E-state index contributed by atoms with van der Waals surface area (Å²) in [4.78, 5) is 15.5. The number of aromatic nitrogens is 1. The number of nitrogens with two attached hydrogens (primary N) is 1. The van der Waals surface area contributed by atoms with Gasteiger partial charge in [-0.05, 0) is 53.9 Å². The number of amides is 2. The van der Waals surface area contributed by atoms with E-state index >= 15 is 0 Å². The van der Waals surface area contributed by atoms with Gasteiger partial charge in [0.15, 0.2) is 0 Å². The van der Waals surface area contributed by atoms with Crippen molar-refractivity contribution in [3.8, 4) is 22.6 Å². The molecule has 0 unspecified atom stereocenters. The number of aryl methyl sites for hydroxylation is 1. The third-order valence-electron chi connectivity index (χ3n) is 4.50. The molecule has 0 fully saturated rings. The highest BCUT2D eigenvalue weighted by atomic mass is 35.5. The van der Waals surface area contributed by atoms with E-state index in [-0.39, 0.29) is 0 Å². The van der Waals surface area contributed by atoms with Gasteiger partial charge in [-0.15, -0.1) is 0 Å². The van der Waals surface area contributed by atoms with E-state index in [0.717, 1.165) is 27.6 Å². The van der Waals surface area contributed by atoms with Crippen LogP contribution in [0.2, 0.25) is 5.02 Å². The number of urea groups is 1. The van der Waals surface area contributed by atoms with Crippen molar-refractivity contribution in [3.05, 3.63) is 83.5 Å². The number of rotatable bonds is 4. The number of fused-ring (bicyclic) bond motifs is 1. The predicted molar refractivity (Wildman–Crippen MR) is 117 cm³/mol. The second kappa shape index (κ2) is 7.81. The molecule has 3 aromatic carbocycles. The number of anilines is 1. The number of hydrogen-bond acceptors (Lipinski definition) is 3. The first-order valence-electron chi connectivity index (χ1n) is 9.00. The van der Waals surface area contributed by atoms with Gasteiger partial charge in [0.05, 0.1) is 10.5 Å². The zero-order chi connectivity index (χ0) is 20.4. The fourth-order valence-electron chi connectivity index (χ4n) is 3.30. The van der Waals surface area contributed by atoms with Crippen molar-refractivity contribution in [3.63, 3.8) is 0 Å². The number of pyridine rings is 1. The summed E-state index contributed by atoms with van der Waals surface area (Å²) in [6.45, 7) is 2.02. The average molecular weight is 404 g/mol. The van der Waals surface area contributed by atoms with Crippen LogP contribution >= 0.6 is 11.6 Å². The molecule has 0 spiro atoms. The molecule has 0 aliphatic rings. The minimum atomic E-state index is -0.622. The van der Waals surface area contributed by atoms with E-state index in [9.17, 15) is 4.79 Å². The molecule has 0 aliphatic carbocycles. The fourth-order valence-corrected chi connectivity index (χ4v) is 3.52. The number of nitrogens with zero attached hydrogens (tertiary/aromatic N) is 1. The van der Waals surface area contributed by atoms with E-state index in [1.54, 1.807) is 18.2 Å². The molecule has 29 heavy (non-hydrogen) atoms. The Hall–Kier alpha value is -3.57. The fraction of sp³-hybridized carbons (Fsp3) is 0.0435. The van der Waals surface area contributed by atoms with Crippen molar-refractivity contribution in [2.24, 2.45) is 5.73 Å². The van der Waals surface area contributed by atoms with Crippen molar-refractivity contribution >= 4 is 34.2 Å². The third-order valence-corrected chi connectivity index (χ3v) is 4.80. The summed E-state index contributed by atoms with van der Waals surface area (Å²) >= 11 is 6.33. The maximum atomic E-state index is 11.1. The van der Waals surface area contributed by atoms with Crippen molar-refractivity contribution in [2.75, 3.05) is 5.32 Å². The van der Waals surface area contributed by atoms with Gasteiger partial charge in [-0.25, -0.2) is 4.79 Å². The Morgan fingerprint density at radius 1 is 1.03 bits per heavy atom. The molecule has 4 aromatic rings. The smallest absolute Gasteiger partial charge is 0.316 e. The molecule has 1 aromatic heterocycles. The average Bonchev–Trinajstić information content (AvgIpc) is 2.68. The predicted octanol–water partition coefficient (Wildman–Crippen LogP) is 6.15. The largest absolute Gasteiger partial charge is 0.457 e. The first-order valence-corrected chi connectivity index (χ1v) is 9.38. The van der Waals surface area contributed by atoms with E-state index < -0.39 is 6.03 Å². The van der Waals surface area contributed by atoms with Crippen LogP contribution in [0.5, 0.6) is 11.5 Å². The standard InChI is InChI=1S/C23H18ClN3O2/c1-14-13-26-22-19(9-4-10-20(22)24)21(14)15-5-2-7-17(11-15)29-18-8-3-6-16(12-18)27-23(25)28/h2-13H,1H3,(H3,25,27,28). The molecule has 6 heteroatoms. The topological polar surface area (TPSA) is 77.2 Å². The molecule has 2 amide bonds. The summed E-state index contributed by atoms with van der Waals surface area (Å²) in [5, 5.41) is 4.15. The number of halogens is 1. The molecule has 0 saturated heterocycles. The van der Waals surface area contributed by atoms with Crippen molar-refractivity contribution in [1.29, 1.82) is 0 Å². The Bertz CT molecular complexity index is 1220. The zero-order valence-corrected chi connectivity index (χ0v) is 16.4. The lowest BCUT2D eigenvalue weighted by Gasteiger charge is -2.13. The molecule has 3 N–H and O–H groups in total. The van der Waals surface area contributed by atoms with Crippen LogP contribution in [0.3, 0.4) is 0 Å². The molecule has 1 heterocycles. The molecule has 0 radical (unpaired) electrons. The highest BCUT2D eigenvalue weighted by Gasteiger charge is 2.11. The lowest BCUT2D eigenvalue weighted by molar-refractivity contribution is 0.259. The van der Waals surface area contributed by atoms with Crippen LogP contribution in [-0.4, -0.2) is 11.0 Å². The number of ether oxygens (including phenoxy) is 1. The van der Waals surface area contributed by atoms with Gasteiger partial charge in [-0.2, -0.15) is 0 Å². The quantitative estimate of drug-likeness (QED) is 0.429. The van der Waals surface area contributed by atoms with E-state index in [4.69, 9.17) is 22.1 Å². The van der Waals surface area contributed by atoms with Gasteiger partial charge < -0.3 is 15.8 Å². The van der Waals surface area contributed by atoms with Gasteiger partial charge in [0.2, 0.25) is 0 Å². The molecule has 5 nitrogen and oxygen atoms in total. The van der Waals surface area contributed by atoms with Crippen LogP contribution in [0.15, 0.2) is 72.9 Å². The number of carbonyl (C=O) groups is 1. The maximum Gasteiger partial charge on any atom is 0.316 e. The monoisotopic (exact) mass is 403 g/mol. The molecule has 0 saturated carbocycles. The second-order valence-electron chi connectivity index (χ2n) is 6.60. The number of hydrogen-bond donors (Lipinski definition) is 2. The van der Waals surface area contributed by atoms with E-state index in [0.29, 0.717) is 22.2 Å². The van der Waals surface area contributed by atoms with Gasteiger partial charge >= 0.3 is 6.03 Å². The minimum absolute atomic E-state index is 0.566. The molecular weight excluding hydrogens is 386 g/mol. The number of para-hydroxylation sites is 1. The Labute approximate surface area is 173 Å². The van der Waals surface area contributed by atoms with Gasteiger partial charge in [0, 0.05) is 23.3 Å². The number of benzene rings is 3. The SMILES string of the molecule is Cc1cnc2c(Cl)cccc2c1-c1cccc(Oc2cccc(NC(N)=O)c2)c1. The summed E-state index contributed by atoms with van der Waals surface area (Å²) in [6, 6.07) is 20.0. The summed E-state index contributed by atoms with van der Waals surface area (Å²) < 4.78 is 6.00. The Kier molecular flexibility index (Phi) is 5.06. The summed E-state index contributed by atoms with van der Waals surface area (Å²) in [5.74, 6) is 1.26. The molecule has 144 valence electrons. The Balaban J connectivity index is 1.72. The van der Waals surface area contributed by atoms with Crippen LogP contribution in [0.1, 0.15) is 5.56 Å². The van der Waals surface area contributed by atoms with Gasteiger partial charge in [0.25, 0.3) is 0 Å². The van der Waals surface area contributed by atoms with E-state index in [1.807, 2.05) is 61.7 Å². The molecule has 0 atom stereocenters. The Morgan fingerprint density at radius 2 is 1.76 bits per heavy atom. The van der Waals surface area contributed by atoms with Gasteiger partial charge in [0.1, 0.15) is 11.5 Å². The normalized spacial score (nSPS) is 10.7. The molecular formula is C23H18ClN3O2. The van der Waals surface area contributed by atoms with Crippen molar-refractivity contribution in [2.45, 2.75) is 6.92 Å². The van der Waals surface area contributed by atoms with Gasteiger partial charge in [-0.1, -0.05) is 41.9 Å². The second-order valence-corrected chi connectivity index (χ2v) is 7.01. The van der Waals surface area contributed by atoms with E-state index in [2.05, 4.69) is 10.3 Å². The van der Waals surface area contributed by atoms with Gasteiger partial charge in [-0.3, -0.25) is 4.98 Å². The highest BCUT2D eigenvalue weighted by molar-refractivity contribution is 6.35. The lowest BCUT2D eigenvalue weighted by Crippen LogP contribution is -2.19. The lowest BCUT2D eigenvalue weighted by atomic mass is 9.97. The number of nitrogens with one attached hydrogen (secondary N) is 1. The minimum Gasteiger partial charge on any atom is -0.457 e. The summed E-state index contributed by atoms with van der Waals surface area (Å²) in [6.07, 6.45) is 1.83. The summed E-state index contributed by atoms with van der Waals surface area (Å²) in [5.41, 5.74) is 9.62. The van der Waals surface area contributed by atoms with Crippen LogP contribution in [0.25, 0.3) is 22.0 Å². The van der Waals surface area contributed by atoms with Crippen LogP contribution in [-0.2, 0) is 0 Å². The maximum absolute atomic E-state index is 11.1. The van der Waals surface area contributed by atoms with Crippen LogP contribution in [0, 0.1) is 6.92 Å². The van der Waals surface area contributed by atoms with Crippen LogP contribution in [0.4, 0.5) is 10.5 Å². The molecule has 4 rings (SSSR count).